The normalized spacial score (nSPS) is 11.7. The molecule has 0 aromatic heterocycles. The number of carboxylic acid groups (broad SMARTS) is 1. The summed E-state index contributed by atoms with van der Waals surface area (Å²) in [7, 11) is 0. The monoisotopic (exact) mass is 179 g/mol. The number of nitriles is 1. The zero-order chi connectivity index (χ0) is 9.84. The van der Waals surface area contributed by atoms with Crippen molar-refractivity contribution in [1.29, 1.82) is 5.26 Å². The smallest absolute Gasteiger partial charge is 0.343 e. The van der Waals surface area contributed by atoms with Gasteiger partial charge in [0.05, 0.1) is 11.6 Å². The van der Waals surface area contributed by atoms with E-state index in [4.69, 9.17) is 10.4 Å². The van der Waals surface area contributed by atoms with Gasteiger partial charge in [0, 0.05) is 0 Å². The number of carbonyl (C=O) groups is 1. The van der Waals surface area contributed by atoms with Crippen molar-refractivity contribution in [2.75, 3.05) is 0 Å². The van der Waals surface area contributed by atoms with Gasteiger partial charge in [-0.2, -0.15) is 5.26 Å². The summed E-state index contributed by atoms with van der Waals surface area (Å²) in [6.45, 7) is 0. The van der Waals surface area contributed by atoms with Crippen LogP contribution in [0.4, 0.5) is 4.39 Å². The second-order valence-electron chi connectivity index (χ2n) is 2.43. The molecule has 1 unspecified atom stereocenters. The van der Waals surface area contributed by atoms with Crippen molar-refractivity contribution in [3.05, 3.63) is 35.4 Å². The number of carboxylic acids is 1. The summed E-state index contributed by atoms with van der Waals surface area (Å²) in [4.78, 5) is 10.2. The maximum absolute atomic E-state index is 12.8. The van der Waals surface area contributed by atoms with Crippen LogP contribution in [0.1, 0.15) is 17.3 Å². The fourth-order valence-electron chi connectivity index (χ4n) is 0.869. The van der Waals surface area contributed by atoms with E-state index in [1.54, 1.807) is 0 Å². The maximum Gasteiger partial charge on any atom is 0.343 e. The molecular weight excluding hydrogens is 173 g/mol. The van der Waals surface area contributed by atoms with Gasteiger partial charge in [0.25, 0.3) is 0 Å². The minimum Gasteiger partial charge on any atom is -0.479 e. The number of rotatable bonds is 2. The molecule has 0 aliphatic heterocycles. The van der Waals surface area contributed by atoms with Crippen LogP contribution in [0, 0.1) is 11.3 Å². The predicted molar refractivity (Wildman–Crippen MR) is 42.6 cm³/mol. The number of aliphatic carboxylic acids is 1. The van der Waals surface area contributed by atoms with Crippen molar-refractivity contribution < 1.29 is 14.3 Å². The van der Waals surface area contributed by atoms with E-state index in [1.807, 2.05) is 6.07 Å². The first-order valence-electron chi connectivity index (χ1n) is 3.52. The van der Waals surface area contributed by atoms with Gasteiger partial charge in [-0.25, -0.2) is 9.18 Å². The maximum atomic E-state index is 12.8. The highest BCUT2D eigenvalue weighted by Gasteiger charge is 2.17. The van der Waals surface area contributed by atoms with E-state index in [2.05, 4.69) is 0 Å². The fraction of sp³-hybridized carbons (Fsp3) is 0.111. The average Bonchev–Trinajstić information content (AvgIpc) is 2.17. The van der Waals surface area contributed by atoms with Crippen LogP contribution in [-0.4, -0.2) is 11.1 Å². The minimum absolute atomic E-state index is 0.0477. The van der Waals surface area contributed by atoms with Gasteiger partial charge in [0.2, 0.25) is 6.17 Å². The van der Waals surface area contributed by atoms with Crippen molar-refractivity contribution >= 4 is 5.97 Å². The third-order valence-corrected chi connectivity index (χ3v) is 1.55. The van der Waals surface area contributed by atoms with Gasteiger partial charge in [-0.1, -0.05) is 12.1 Å². The molecule has 3 nitrogen and oxygen atoms in total. The Hall–Kier alpha value is -1.89. The van der Waals surface area contributed by atoms with Crippen molar-refractivity contribution in [1.82, 2.24) is 0 Å². The number of benzene rings is 1. The first kappa shape index (κ1) is 9.20. The lowest BCUT2D eigenvalue weighted by atomic mass is 10.1. The molecule has 0 radical (unpaired) electrons. The summed E-state index contributed by atoms with van der Waals surface area (Å²) in [5, 5.41) is 16.7. The number of nitrogens with zero attached hydrogens (tertiary/aromatic N) is 1. The third kappa shape index (κ3) is 2.03. The summed E-state index contributed by atoms with van der Waals surface area (Å²) >= 11 is 0. The van der Waals surface area contributed by atoms with Gasteiger partial charge < -0.3 is 5.11 Å². The molecule has 1 atom stereocenters. The molecule has 1 aromatic carbocycles. The molecule has 0 saturated heterocycles. The van der Waals surface area contributed by atoms with E-state index >= 15 is 0 Å². The predicted octanol–water partition coefficient (Wildman–Crippen LogP) is 1.65. The van der Waals surface area contributed by atoms with Gasteiger partial charge in [-0.05, 0) is 17.7 Å². The van der Waals surface area contributed by atoms with E-state index in [0.717, 1.165) is 0 Å². The topological polar surface area (TPSA) is 61.1 Å². The third-order valence-electron chi connectivity index (χ3n) is 1.55. The molecule has 0 spiro atoms. The number of alkyl halides is 1. The first-order chi connectivity index (χ1) is 6.15. The highest BCUT2D eigenvalue weighted by Crippen LogP contribution is 2.17. The second kappa shape index (κ2) is 3.68. The molecule has 0 aliphatic rings. The molecule has 0 heterocycles. The molecule has 1 rings (SSSR count). The lowest BCUT2D eigenvalue weighted by Crippen LogP contribution is -2.05. The van der Waals surface area contributed by atoms with Gasteiger partial charge in [-0.15, -0.1) is 0 Å². The average molecular weight is 179 g/mol. The lowest BCUT2D eigenvalue weighted by Gasteiger charge is -2.01. The van der Waals surface area contributed by atoms with Gasteiger partial charge >= 0.3 is 5.97 Å². The minimum atomic E-state index is -2.02. The Labute approximate surface area is 74.0 Å². The molecule has 0 amide bonds. The van der Waals surface area contributed by atoms with Gasteiger partial charge in [0.15, 0.2) is 0 Å². The highest BCUT2D eigenvalue weighted by molar-refractivity contribution is 5.74. The Morgan fingerprint density at radius 3 is 2.38 bits per heavy atom. The Morgan fingerprint density at radius 1 is 1.46 bits per heavy atom. The van der Waals surface area contributed by atoms with Gasteiger partial charge in [-0.3, -0.25) is 0 Å². The SMILES string of the molecule is N#Cc1ccc(C(F)C(=O)O)cc1. The van der Waals surface area contributed by atoms with Crippen LogP contribution in [-0.2, 0) is 4.79 Å². The van der Waals surface area contributed by atoms with E-state index in [0.29, 0.717) is 5.56 Å². The zero-order valence-corrected chi connectivity index (χ0v) is 6.57. The quantitative estimate of drug-likeness (QED) is 0.750. The zero-order valence-electron chi connectivity index (χ0n) is 6.57. The van der Waals surface area contributed by atoms with Crippen LogP contribution in [0.15, 0.2) is 24.3 Å². The van der Waals surface area contributed by atoms with Crippen LogP contribution in [0.25, 0.3) is 0 Å². The molecule has 0 aliphatic carbocycles. The van der Waals surface area contributed by atoms with E-state index in [1.165, 1.54) is 24.3 Å². The Balaban J connectivity index is 2.93. The lowest BCUT2D eigenvalue weighted by molar-refractivity contribution is -0.143. The first-order valence-corrected chi connectivity index (χ1v) is 3.52. The largest absolute Gasteiger partial charge is 0.479 e. The molecule has 0 bridgehead atoms. The Morgan fingerprint density at radius 2 is 2.00 bits per heavy atom. The van der Waals surface area contributed by atoms with Crippen LogP contribution in [0.2, 0.25) is 0 Å². The number of hydrogen-bond acceptors (Lipinski definition) is 2. The molecule has 66 valence electrons. The molecule has 0 saturated carbocycles. The van der Waals surface area contributed by atoms with Crippen molar-refractivity contribution in [2.24, 2.45) is 0 Å². The fourth-order valence-corrected chi connectivity index (χ4v) is 0.869. The van der Waals surface area contributed by atoms with E-state index in [9.17, 15) is 9.18 Å². The Bertz CT molecular complexity index is 353. The van der Waals surface area contributed by atoms with Crippen LogP contribution in [0.5, 0.6) is 0 Å². The second-order valence-corrected chi connectivity index (χ2v) is 2.43. The van der Waals surface area contributed by atoms with Crippen molar-refractivity contribution in [2.45, 2.75) is 6.17 Å². The van der Waals surface area contributed by atoms with Crippen molar-refractivity contribution in [3.8, 4) is 6.07 Å². The Kier molecular flexibility index (Phi) is 2.60. The van der Waals surface area contributed by atoms with Crippen LogP contribution < -0.4 is 0 Å². The van der Waals surface area contributed by atoms with Gasteiger partial charge in [0.1, 0.15) is 0 Å². The van der Waals surface area contributed by atoms with Crippen LogP contribution in [0.3, 0.4) is 0 Å². The summed E-state index contributed by atoms with van der Waals surface area (Å²) < 4.78 is 12.8. The summed E-state index contributed by atoms with van der Waals surface area (Å²) in [6.07, 6.45) is -2.02. The highest BCUT2D eigenvalue weighted by atomic mass is 19.1. The number of halogens is 1. The molecular formula is C9H6FNO2. The molecule has 1 N–H and O–H groups in total. The van der Waals surface area contributed by atoms with E-state index in [-0.39, 0.29) is 5.56 Å². The summed E-state index contributed by atoms with van der Waals surface area (Å²) in [6, 6.07) is 7.19. The molecule has 4 heteroatoms. The number of hydrogen-bond donors (Lipinski definition) is 1. The summed E-state index contributed by atoms with van der Waals surface area (Å²) in [5.74, 6) is -1.52. The standard InChI is InChI=1S/C9H6FNO2/c10-8(9(12)13)7-3-1-6(5-11)2-4-7/h1-4,8H,(H,12,13). The van der Waals surface area contributed by atoms with Crippen molar-refractivity contribution in [3.63, 3.8) is 0 Å². The van der Waals surface area contributed by atoms with E-state index < -0.39 is 12.1 Å². The molecule has 13 heavy (non-hydrogen) atoms. The van der Waals surface area contributed by atoms with Crippen LogP contribution >= 0.6 is 0 Å². The molecule has 0 fully saturated rings. The molecule has 1 aromatic rings. The summed E-state index contributed by atoms with van der Waals surface area (Å²) in [5.41, 5.74) is 0.424.